The first-order valence-corrected chi connectivity index (χ1v) is 7.51. The maximum absolute atomic E-state index is 13.7. The van der Waals surface area contributed by atoms with Crippen LogP contribution in [0.4, 0.5) is 4.39 Å². The lowest BCUT2D eigenvalue weighted by molar-refractivity contribution is -0.140. The van der Waals surface area contributed by atoms with E-state index in [2.05, 4.69) is 9.72 Å². The summed E-state index contributed by atoms with van der Waals surface area (Å²) in [6, 6.07) is 3.09. The van der Waals surface area contributed by atoms with Gasteiger partial charge in [-0.2, -0.15) is 0 Å². The van der Waals surface area contributed by atoms with Crippen molar-refractivity contribution in [2.45, 2.75) is 25.3 Å². The van der Waals surface area contributed by atoms with Crippen molar-refractivity contribution in [2.75, 3.05) is 7.11 Å². The van der Waals surface area contributed by atoms with Crippen LogP contribution < -0.4 is 0 Å². The predicted octanol–water partition coefficient (Wildman–Crippen LogP) is 3.64. The Labute approximate surface area is 134 Å². The van der Waals surface area contributed by atoms with E-state index in [1.807, 2.05) is 22.6 Å². The van der Waals surface area contributed by atoms with Gasteiger partial charge in [0, 0.05) is 12.6 Å². The second-order valence-corrected chi connectivity index (χ2v) is 6.14. The molecule has 0 N–H and O–H groups in total. The van der Waals surface area contributed by atoms with E-state index < -0.39 is 0 Å². The van der Waals surface area contributed by atoms with Gasteiger partial charge in [-0.25, -0.2) is 9.37 Å². The van der Waals surface area contributed by atoms with Crippen molar-refractivity contribution < 1.29 is 13.9 Å². The average Bonchev–Trinajstić information content (AvgIpc) is 2.74. The van der Waals surface area contributed by atoms with Gasteiger partial charge in [0.05, 0.1) is 33.5 Å². The summed E-state index contributed by atoms with van der Waals surface area (Å²) in [5.74, 6) is -0.0240. The van der Waals surface area contributed by atoms with Crippen LogP contribution >= 0.6 is 34.2 Å². The topological polar surface area (TPSA) is 44.1 Å². The van der Waals surface area contributed by atoms with Gasteiger partial charge >= 0.3 is 5.97 Å². The van der Waals surface area contributed by atoms with Gasteiger partial charge in [0.15, 0.2) is 0 Å². The van der Waals surface area contributed by atoms with Crippen molar-refractivity contribution in [3.63, 3.8) is 0 Å². The number of hydrogen-bond acceptors (Lipinski definition) is 3. The molecule has 0 spiro atoms. The lowest BCUT2D eigenvalue weighted by Gasteiger charge is -2.09. The third kappa shape index (κ3) is 3.06. The summed E-state index contributed by atoms with van der Waals surface area (Å²) in [4.78, 5) is 15.7. The van der Waals surface area contributed by atoms with E-state index in [1.54, 1.807) is 17.6 Å². The molecule has 2 aromatic rings. The van der Waals surface area contributed by atoms with Crippen molar-refractivity contribution >= 4 is 51.2 Å². The molecule has 0 fully saturated rings. The molecule has 0 bridgehead atoms. The number of carbonyl (C=O) groups is 1. The lowest BCUT2D eigenvalue weighted by atomic mass is 10.3. The van der Waals surface area contributed by atoms with Crippen LogP contribution in [-0.4, -0.2) is 22.6 Å². The zero-order chi connectivity index (χ0) is 14.9. The van der Waals surface area contributed by atoms with Crippen molar-refractivity contribution in [1.29, 1.82) is 0 Å². The number of rotatable bonds is 4. The molecule has 1 aromatic heterocycles. The van der Waals surface area contributed by atoms with E-state index in [9.17, 15) is 9.18 Å². The monoisotopic (exact) mass is 410 g/mol. The largest absolute Gasteiger partial charge is 0.469 e. The SMILES string of the molecule is COC(=O)CCn1c(C(C)Cl)nc2cc(I)c(F)cc21. The normalized spacial score (nSPS) is 12.7. The van der Waals surface area contributed by atoms with Gasteiger partial charge in [-0.1, -0.05) is 0 Å². The number of halogens is 3. The average molecular weight is 411 g/mol. The Morgan fingerprint density at radius 3 is 2.90 bits per heavy atom. The minimum absolute atomic E-state index is 0.187. The number of esters is 1. The van der Waals surface area contributed by atoms with Crippen molar-refractivity contribution in [2.24, 2.45) is 0 Å². The Balaban J connectivity index is 2.50. The summed E-state index contributed by atoms with van der Waals surface area (Å²) in [6.07, 6.45) is 0.187. The zero-order valence-corrected chi connectivity index (χ0v) is 13.9. The lowest BCUT2D eigenvalue weighted by Crippen LogP contribution is -2.10. The Morgan fingerprint density at radius 2 is 2.30 bits per heavy atom. The third-order valence-corrected chi connectivity index (χ3v) is 3.96. The molecule has 0 amide bonds. The molecule has 0 saturated heterocycles. The molecular formula is C13H13ClFIN2O2. The maximum atomic E-state index is 13.7. The molecule has 0 radical (unpaired) electrons. The van der Waals surface area contributed by atoms with Gasteiger partial charge < -0.3 is 9.30 Å². The molecule has 108 valence electrons. The molecule has 1 heterocycles. The van der Waals surface area contributed by atoms with Crippen molar-refractivity contribution in [3.8, 4) is 0 Å². The van der Waals surface area contributed by atoms with E-state index in [1.165, 1.54) is 13.2 Å². The van der Waals surface area contributed by atoms with E-state index in [4.69, 9.17) is 11.6 Å². The number of aromatic nitrogens is 2. The number of nitrogens with zero attached hydrogens (tertiary/aromatic N) is 2. The minimum atomic E-state index is -0.333. The van der Waals surface area contributed by atoms with Gasteiger partial charge in [-0.05, 0) is 35.6 Å². The summed E-state index contributed by atoms with van der Waals surface area (Å²) in [6.45, 7) is 2.15. The predicted molar refractivity (Wildman–Crippen MR) is 83.3 cm³/mol. The van der Waals surface area contributed by atoms with Gasteiger partial charge in [-0.3, -0.25) is 4.79 Å². The van der Waals surface area contributed by atoms with Crippen LogP contribution in [0.15, 0.2) is 12.1 Å². The number of ether oxygens (including phenoxy) is 1. The summed E-state index contributed by atoms with van der Waals surface area (Å²) < 4.78 is 20.6. The van der Waals surface area contributed by atoms with E-state index in [0.717, 1.165) is 0 Å². The number of carbonyl (C=O) groups excluding carboxylic acids is 1. The Morgan fingerprint density at radius 1 is 1.60 bits per heavy atom. The fraction of sp³-hybridized carbons (Fsp3) is 0.385. The molecule has 1 aromatic carbocycles. The first-order chi connectivity index (χ1) is 9.43. The molecule has 2 rings (SSSR count). The second kappa shape index (κ2) is 6.26. The van der Waals surface area contributed by atoms with Crippen molar-refractivity contribution in [1.82, 2.24) is 9.55 Å². The highest BCUT2D eigenvalue weighted by Gasteiger charge is 2.17. The summed E-state index contributed by atoms with van der Waals surface area (Å²) >= 11 is 8.03. The second-order valence-electron chi connectivity index (χ2n) is 4.32. The van der Waals surface area contributed by atoms with Crippen LogP contribution in [0, 0.1) is 9.39 Å². The Kier molecular flexibility index (Phi) is 4.85. The van der Waals surface area contributed by atoms with Crippen LogP contribution in [0.25, 0.3) is 11.0 Å². The third-order valence-electron chi connectivity index (χ3n) is 2.94. The number of alkyl halides is 1. The number of methoxy groups -OCH3 is 1. The fourth-order valence-electron chi connectivity index (χ4n) is 1.98. The van der Waals surface area contributed by atoms with Gasteiger partial charge in [0.1, 0.15) is 11.6 Å². The number of fused-ring (bicyclic) bond motifs is 1. The summed E-state index contributed by atoms with van der Waals surface area (Å²) in [5, 5.41) is -0.333. The molecule has 7 heteroatoms. The molecule has 20 heavy (non-hydrogen) atoms. The Hall–Kier alpha value is -0.890. The molecule has 0 aliphatic heterocycles. The van der Waals surface area contributed by atoms with Crippen LogP contribution in [0.1, 0.15) is 24.5 Å². The quantitative estimate of drug-likeness (QED) is 0.439. The molecule has 1 atom stereocenters. The summed E-state index contributed by atoms with van der Waals surface area (Å²) in [5.41, 5.74) is 1.30. The smallest absolute Gasteiger partial charge is 0.307 e. The van der Waals surface area contributed by atoms with Crippen LogP contribution in [-0.2, 0) is 16.1 Å². The van der Waals surface area contributed by atoms with E-state index in [-0.39, 0.29) is 23.6 Å². The molecule has 1 unspecified atom stereocenters. The molecular weight excluding hydrogens is 398 g/mol. The minimum Gasteiger partial charge on any atom is -0.469 e. The number of hydrogen-bond donors (Lipinski definition) is 0. The number of imidazole rings is 1. The van der Waals surface area contributed by atoms with E-state index >= 15 is 0 Å². The summed E-state index contributed by atoms with van der Waals surface area (Å²) in [7, 11) is 1.33. The molecule has 0 saturated carbocycles. The van der Waals surface area contributed by atoms with Gasteiger partial charge in [0.25, 0.3) is 0 Å². The number of aryl methyl sites for hydroxylation is 1. The molecule has 4 nitrogen and oxygen atoms in total. The first-order valence-electron chi connectivity index (χ1n) is 6.00. The first kappa shape index (κ1) is 15.5. The van der Waals surface area contributed by atoms with Crippen LogP contribution in [0.5, 0.6) is 0 Å². The zero-order valence-electron chi connectivity index (χ0n) is 11.0. The highest BCUT2D eigenvalue weighted by molar-refractivity contribution is 14.1. The van der Waals surface area contributed by atoms with Crippen LogP contribution in [0.3, 0.4) is 0 Å². The van der Waals surface area contributed by atoms with Crippen LogP contribution in [0.2, 0.25) is 0 Å². The van der Waals surface area contributed by atoms with Crippen molar-refractivity contribution in [3.05, 3.63) is 27.3 Å². The van der Waals surface area contributed by atoms with Gasteiger partial charge in [-0.15, -0.1) is 11.6 Å². The number of benzene rings is 1. The molecule has 0 aliphatic rings. The highest BCUT2D eigenvalue weighted by Crippen LogP contribution is 2.27. The Bertz CT molecular complexity index is 657. The maximum Gasteiger partial charge on any atom is 0.307 e. The van der Waals surface area contributed by atoms with Gasteiger partial charge in [0.2, 0.25) is 0 Å². The highest BCUT2D eigenvalue weighted by atomic mass is 127. The van der Waals surface area contributed by atoms with E-state index in [0.29, 0.717) is 27.0 Å². The molecule has 0 aliphatic carbocycles. The standard InChI is InChI=1S/C13H13ClFIN2O2/c1-7(14)13-17-10-6-9(16)8(15)5-11(10)18(13)4-3-12(19)20-2/h5-7H,3-4H2,1-2H3. The fourth-order valence-corrected chi connectivity index (χ4v) is 2.60.